The maximum atomic E-state index is 13.0. The summed E-state index contributed by atoms with van der Waals surface area (Å²) in [6, 6.07) is 9.39. The van der Waals surface area contributed by atoms with E-state index in [1.54, 1.807) is 6.92 Å². The number of hydrogen-bond acceptors (Lipinski definition) is 5. The van der Waals surface area contributed by atoms with Gasteiger partial charge in [-0.25, -0.2) is 4.79 Å². The van der Waals surface area contributed by atoms with Crippen LogP contribution in [-0.4, -0.2) is 39.5 Å². The van der Waals surface area contributed by atoms with Crippen molar-refractivity contribution in [2.45, 2.75) is 39.8 Å². The molecule has 0 bridgehead atoms. The van der Waals surface area contributed by atoms with Crippen molar-refractivity contribution in [1.82, 2.24) is 14.0 Å². The van der Waals surface area contributed by atoms with Crippen LogP contribution < -0.4 is 17.0 Å². The number of carbonyl (C=O) groups excluding carboxylic acids is 1. The topological polar surface area (TPSA) is 90.3 Å². The van der Waals surface area contributed by atoms with Gasteiger partial charge in [0, 0.05) is 13.1 Å². The van der Waals surface area contributed by atoms with Crippen LogP contribution in [0, 0.1) is 5.92 Å². The molecule has 0 spiro atoms. The summed E-state index contributed by atoms with van der Waals surface area (Å²) in [5.41, 5.74) is 5.92. The van der Waals surface area contributed by atoms with E-state index in [1.165, 1.54) is 4.57 Å². The standard InChI is InChI=1S/C21H28N4O3/c1-3-24-20(27)18(17(26)14-23-11-7-8-15(2)12-23)19(22)25(21(24)28)13-16-9-5-4-6-10-16/h4-6,9-10,15H,3,7-8,11-14,22H2,1-2H3/t15-/m0/s1. The number of nitrogens with two attached hydrogens (primary N) is 1. The lowest BCUT2D eigenvalue weighted by molar-refractivity contribution is 0.0891. The maximum absolute atomic E-state index is 13.0. The van der Waals surface area contributed by atoms with Gasteiger partial charge in [-0.05, 0) is 37.8 Å². The summed E-state index contributed by atoms with van der Waals surface area (Å²) in [6.07, 6.45) is 2.19. The second kappa shape index (κ2) is 8.56. The SMILES string of the molecule is CCn1c(=O)c(C(=O)CN2CCC[C@H](C)C2)c(N)n(Cc2ccccc2)c1=O. The smallest absolute Gasteiger partial charge is 0.332 e. The van der Waals surface area contributed by atoms with Crippen LogP contribution >= 0.6 is 0 Å². The number of likely N-dealkylation sites (tertiary alicyclic amines) is 1. The fourth-order valence-corrected chi connectivity index (χ4v) is 3.89. The van der Waals surface area contributed by atoms with Crippen LogP contribution in [0.5, 0.6) is 0 Å². The fraction of sp³-hybridized carbons (Fsp3) is 0.476. The van der Waals surface area contributed by atoms with Gasteiger partial charge in [0.05, 0.1) is 13.1 Å². The third-order valence-corrected chi connectivity index (χ3v) is 5.35. The summed E-state index contributed by atoms with van der Waals surface area (Å²) >= 11 is 0. The van der Waals surface area contributed by atoms with Crippen molar-refractivity contribution in [3.05, 3.63) is 62.3 Å². The number of aromatic nitrogens is 2. The Balaban J connectivity index is 2.00. The predicted octanol–water partition coefficient (Wildman–Crippen LogP) is 1.57. The zero-order valence-corrected chi connectivity index (χ0v) is 16.6. The number of piperidine rings is 1. The zero-order valence-electron chi connectivity index (χ0n) is 16.6. The van der Waals surface area contributed by atoms with Crippen LogP contribution in [0.2, 0.25) is 0 Å². The first-order valence-corrected chi connectivity index (χ1v) is 9.85. The molecule has 2 heterocycles. The monoisotopic (exact) mass is 384 g/mol. The minimum absolute atomic E-state index is 0.0430. The number of benzene rings is 1. The number of nitrogen functional groups attached to an aromatic ring is 1. The molecule has 3 rings (SSSR count). The summed E-state index contributed by atoms with van der Waals surface area (Å²) < 4.78 is 2.41. The minimum Gasteiger partial charge on any atom is -0.384 e. The molecule has 0 saturated carbocycles. The van der Waals surface area contributed by atoms with Crippen LogP contribution in [-0.2, 0) is 13.1 Å². The molecule has 0 radical (unpaired) electrons. The van der Waals surface area contributed by atoms with Crippen molar-refractivity contribution in [1.29, 1.82) is 0 Å². The molecule has 2 aromatic rings. The van der Waals surface area contributed by atoms with Crippen molar-refractivity contribution in [2.24, 2.45) is 5.92 Å². The van der Waals surface area contributed by atoms with Crippen molar-refractivity contribution in [2.75, 3.05) is 25.4 Å². The molecule has 1 aromatic heterocycles. The highest BCUT2D eigenvalue weighted by atomic mass is 16.2. The number of ketones is 1. The van der Waals surface area contributed by atoms with Crippen LogP contribution in [0.3, 0.4) is 0 Å². The summed E-state index contributed by atoms with van der Waals surface area (Å²) in [7, 11) is 0. The molecule has 1 atom stereocenters. The molecule has 0 amide bonds. The third-order valence-electron chi connectivity index (χ3n) is 5.35. The lowest BCUT2D eigenvalue weighted by Crippen LogP contribution is -2.46. The van der Waals surface area contributed by atoms with Crippen molar-refractivity contribution in [3.63, 3.8) is 0 Å². The largest absolute Gasteiger partial charge is 0.384 e. The van der Waals surface area contributed by atoms with E-state index >= 15 is 0 Å². The lowest BCUT2D eigenvalue weighted by Gasteiger charge is -2.30. The van der Waals surface area contributed by atoms with Crippen molar-refractivity contribution >= 4 is 11.6 Å². The molecule has 150 valence electrons. The Morgan fingerprint density at radius 3 is 2.54 bits per heavy atom. The predicted molar refractivity (Wildman–Crippen MR) is 110 cm³/mol. The van der Waals surface area contributed by atoms with Gasteiger partial charge in [-0.1, -0.05) is 37.3 Å². The van der Waals surface area contributed by atoms with Gasteiger partial charge in [-0.15, -0.1) is 0 Å². The summed E-state index contributed by atoms with van der Waals surface area (Å²) in [5.74, 6) is 0.164. The Kier molecular flexibility index (Phi) is 6.14. The Morgan fingerprint density at radius 2 is 1.89 bits per heavy atom. The van der Waals surface area contributed by atoms with Gasteiger partial charge < -0.3 is 5.73 Å². The minimum atomic E-state index is -0.593. The fourth-order valence-electron chi connectivity index (χ4n) is 3.89. The van der Waals surface area contributed by atoms with E-state index in [2.05, 4.69) is 11.8 Å². The first-order valence-electron chi connectivity index (χ1n) is 9.85. The molecule has 1 aliphatic heterocycles. The van der Waals surface area contributed by atoms with E-state index in [0.29, 0.717) is 5.92 Å². The molecular weight excluding hydrogens is 356 g/mol. The second-order valence-corrected chi connectivity index (χ2v) is 7.57. The van der Waals surface area contributed by atoms with Crippen LogP contribution in [0.25, 0.3) is 0 Å². The van der Waals surface area contributed by atoms with Crippen LogP contribution in [0.4, 0.5) is 5.82 Å². The molecule has 7 nitrogen and oxygen atoms in total. The van der Waals surface area contributed by atoms with Gasteiger partial charge in [0.1, 0.15) is 11.4 Å². The Labute approximate surface area is 164 Å². The van der Waals surface area contributed by atoms with Crippen molar-refractivity contribution < 1.29 is 4.79 Å². The number of carbonyl (C=O) groups is 1. The summed E-state index contributed by atoms with van der Waals surface area (Å²) in [4.78, 5) is 40.7. The van der Waals surface area contributed by atoms with Gasteiger partial charge >= 0.3 is 5.69 Å². The van der Waals surface area contributed by atoms with Crippen molar-refractivity contribution in [3.8, 4) is 0 Å². The average Bonchev–Trinajstić information content (AvgIpc) is 2.66. The van der Waals surface area contributed by atoms with Gasteiger partial charge in [-0.2, -0.15) is 0 Å². The van der Waals surface area contributed by atoms with Crippen LogP contribution in [0.1, 0.15) is 42.6 Å². The number of anilines is 1. The maximum Gasteiger partial charge on any atom is 0.332 e. The molecule has 1 aromatic carbocycles. The van der Waals surface area contributed by atoms with E-state index < -0.39 is 11.2 Å². The number of rotatable bonds is 6. The van der Waals surface area contributed by atoms with Gasteiger partial charge in [0.2, 0.25) is 0 Å². The van der Waals surface area contributed by atoms with Gasteiger partial charge in [-0.3, -0.25) is 23.6 Å². The normalized spacial score (nSPS) is 17.6. The number of nitrogens with zero attached hydrogens (tertiary/aromatic N) is 3. The van der Waals surface area contributed by atoms with E-state index in [4.69, 9.17) is 5.73 Å². The third kappa shape index (κ3) is 4.09. The van der Waals surface area contributed by atoms with E-state index in [1.807, 2.05) is 30.3 Å². The Hall–Kier alpha value is -2.67. The molecule has 2 N–H and O–H groups in total. The highest BCUT2D eigenvalue weighted by Gasteiger charge is 2.25. The first-order chi connectivity index (χ1) is 13.4. The number of hydrogen-bond donors (Lipinski definition) is 1. The molecule has 1 fully saturated rings. The highest BCUT2D eigenvalue weighted by Crippen LogP contribution is 2.16. The van der Waals surface area contributed by atoms with E-state index in [0.717, 1.165) is 36.1 Å². The molecule has 1 aliphatic rings. The second-order valence-electron chi connectivity index (χ2n) is 7.57. The van der Waals surface area contributed by atoms with E-state index in [-0.39, 0.29) is 36.8 Å². The van der Waals surface area contributed by atoms with Gasteiger partial charge in [0.15, 0.2) is 5.78 Å². The first kappa shape index (κ1) is 20.1. The highest BCUT2D eigenvalue weighted by molar-refractivity contribution is 6.01. The summed E-state index contributed by atoms with van der Waals surface area (Å²) in [5, 5.41) is 0. The van der Waals surface area contributed by atoms with Gasteiger partial charge in [0.25, 0.3) is 5.56 Å². The Bertz CT molecular complexity index is 962. The lowest BCUT2D eigenvalue weighted by atomic mass is 10.00. The number of Topliss-reactive ketones (excluding diaryl/α,β-unsaturated/α-hetero) is 1. The van der Waals surface area contributed by atoms with E-state index in [9.17, 15) is 14.4 Å². The zero-order chi connectivity index (χ0) is 20.3. The molecule has 0 aliphatic carbocycles. The van der Waals surface area contributed by atoms with Crippen LogP contribution in [0.15, 0.2) is 39.9 Å². The molecule has 7 heteroatoms. The molecular formula is C21H28N4O3. The molecule has 28 heavy (non-hydrogen) atoms. The molecule has 1 saturated heterocycles. The summed E-state index contributed by atoms with van der Waals surface area (Å²) in [6.45, 7) is 6.10. The Morgan fingerprint density at radius 1 is 1.18 bits per heavy atom. The molecule has 0 unspecified atom stereocenters. The average molecular weight is 384 g/mol. The quantitative estimate of drug-likeness (QED) is 0.764.